The van der Waals surface area contributed by atoms with Crippen LogP contribution in [0, 0.1) is 0 Å². The van der Waals surface area contributed by atoms with Crippen molar-refractivity contribution in [2.45, 2.75) is 24.2 Å². The molecule has 9 heteroatoms. The lowest BCUT2D eigenvalue weighted by molar-refractivity contribution is -0.119. The van der Waals surface area contributed by atoms with Crippen LogP contribution in [0.25, 0.3) is 10.9 Å². The molecule has 2 aromatic carbocycles. The zero-order valence-corrected chi connectivity index (χ0v) is 17.8. The van der Waals surface area contributed by atoms with Gasteiger partial charge in [-0.05, 0) is 24.1 Å². The number of fused-ring (bicyclic) bond motifs is 1. The van der Waals surface area contributed by atoms with E-state index >= 15 is 0 Å². The van der Waals surface area contributed by atoms with Gasteiger partial charge in [0, 0.05) is 6.04 Å². The quantitative estimate of drug-likeness (QED) is 0.461. The molecule has 1 aliphatic heterocycles. The number of amides is 1. The van der Waals surface area contributed by atoms with Crippen LogP contribution in [0.3, 0.4) is 0 Å². The molecular formula is C21H21N3O4S2. The second-order valence-electron chi connectivity index (χ2n) is 7.24. The van der Waals surface area contributed by atoms with Crippen molar-refractivity contribution in [1.82, 2.24) is 14.9 Å². The summed E-state index contributed by atoms with van der Waals surface area (Å²) in [6, 6.07) is 16.4. The fourth-order valence-electron chi connectivity index (χ4n) is 3.47. The van der Waals surface area contributed by atoms with Gasteiger partial charge in [0.05, 0.1) is 34.7 Å². The molecule has 7 nitrogen and oxygen atoms in total. The monoisotopic (exact) mass is 443 g/mol. The molecule has 2 heterocycles. The van der Waals surface area contributed by atoms with E-state index in [4.69, 9.17) is 0 Å². The summed E-state index contributed by atoms with van der Waals surface area (Å²) >= 11 is 1.18. The van der Waals surface area contributed by atoms with Crippen LogP contribution in [0.2, 0.25) is 0 Å². The maximum Gasteiger partial charge on any atom is 0.262 e. The number of hydrogen-bond acceptors (Lipinski definition) is 6. The van der Waals surface area contributed by atoms with Gasteiger partial charge in [-0.3, -0.25) is 14.2 Å². The Morgan fingerprint density at radius 2 is 1.87 bits per heavy atom. The topological polar surface area (TPSA) is 98.1 Å². The van der Waals surface area contributed by atoms with Crippen LogP contribution < -0.4 is 10.9 Å². The molecule has 0 bridgehead atoms. The predicted molar refractivity (Wildman–Crippen MR) is 117 cm³/mol. The lowest BCUT2D eigenvalue weighted by Crippen LogP contribution is -2.36. The molecule has 0 saturated carbocycles. The van der Waals surface area contributed by atoms with E-state index in [1.165, 1.54) is 11.8 Å². The lowest BCUT2D eigenvalue weighted by Gasteiger charge is -2.14. The number of thioether (sulfide) groups is 1. The van der Waals surface area contributed by atoms with Gasteiger partial charge in [-0.15, -0.1) is 0 Å². The van der Waals surface area contributed by atoms with Gasteiger partial charge in [-0.1, -0.05) is 54.2 Å². The highest BCUT2D eigenvalue weighted by Crippen LogP contribution is 2.19. The number of hydrogen-bond donors (Lipinski definition) is 1. The number of nitrogens with one attached hydrogen (secondary N) is 1. The molecule has 156 valence electrons. The summed E-state index contributed by atoms with van der Waals surface area (Å²) in [4.78, 5) is 30.1. The van der Waals surface area contributed by atoms with Crippen molar-refractivity contribution < 1.29 is 13.2 Å². The summed E-state index contributed by atoms with van der Waals surface area (Å²) < 4.78 is 24.7. The Morgan fingerprint density at radius 1 is 1.13 bits per heavy atom. The fraction of sp³-hybridized carbons (Fsp3) is 0.286. The van der Waals surface area contributed by atoms with Gasteiger partial charge in [0.2, 0.25) is 5.91 Å². The molecule has 1 saturated heterocycles. The fourth-order valence-corrected chi connectivity index (χ4v) is 5.95. The zero-order chi connectivity index (χ0) is 21.1. The van der Waals surface area contributed by atoms with E-state index in [1.54, 1.807) is 22.8 Å². The average Bonchev–Trinajstić information content (AvgIpc) is 3.07. The lowest BCUT2D eigenvalue weighted by atomic mass is 10.2. The Labute approximate surface area is 178 Å². The highest BCUT2D eigenvalue weighted by molar-refractivity contribution is 7.99. The van der Waals surface area contributed by atoms with Gasteiger partial charge >= 0.3 is 0 Å². The molecule has 4 rings (SSSR count). The summed E-state index contributed by atoms with van der Waals surface area (Å²) in [5.74, 6) is -0.129. The van der Waals surface area contributed by atoms with E-state index in [-0.39, 0.29) is 34.8 Å². The minimum absolute atomic E-state index is 0.0175. The minimum atomic E-state index is -3.06. The molecule has 0 spiro atoms. The number of carbonyl (C=O) groups excluding carboxylic acids is 1. The Hall–Kier alpha value is -2.65. The molecular weight excluding hydrogens is 422 g/mol. The van der Waals surface area contributed by atoms with Crippen LogP contribution in [0.4, 0.5) is 0 Å². The smallest absolute Gasteiger partial charge is 0.262 e. The number of rotatable bonds is 6. The van der Waals surface area contributed by atoms with Crippen LogP contribution in [0.5, 0.6) is 0 Å². The Kier molecular flexibility index (Phi) is 5.92. The molecule has 30 heavy (non-hydrogen) atoms. The van der Waals surface area contributed by atoms with E-state index in [0.717, 1.165) is 5.56 Å². The van der Waals surface area contributed by atoms with Crippen molar-refractivity contribution in [3.8, 4) is 0 Å². The van der Waals surface area contributed by atoms with Crippen LogP contribution in [0.1, 0.15) is 12.0 Å². The summed E-state index contributed by atoms with van der Waals surface area (Å²) in [7, 11) is -3.06. The van der Waals surface area contributed by atoms with E-state index in [0.29, 0.717) is 29.0 Å². The molecule has 0 radical (unpaired) electrons. The average molecular weight is 444 g/mol. The molecule has 1 aliphatic rings. The van der Waals surface area contributed by atoms with Crippen molar-refractivity contribution in [1.29, 1.82) is 0 Å². The number of nitrogens with zero attached hydrogens (tertiary/aromatic N) is 2. The van der Waals surface area contributed by atoms with Crippen molar-refractivity contribution in [3.63, 3.8) is 0 Å². The number of aromatic nitrogens is 2. The van der Waals surface area contributed by atoms with Crippen LogP contribution in [-0.2, 0) is 21.2 Å². The molecule has 0 aliphatic carbocycles. The first-order valence-corrected chi connectivity index (χ1v) is 12.4. The molecule has 1 atom stereocenters. The van der Waals surface area contributed by atoms with Crippen LogP contribution in [-0.4, -0.2) is 47.2 Å². The first kappa shape index (κ1) is 20.6. The normalized spacial score (nSPS) is 17.8. The van der Waals surface area contributed by atoms with E-state index in [1.807, 2.05) is 36.4 Å². The summed E-state index contributed by atoms with van der Waals surface area (Å²) in [5, 5.41) is 3.75. The third-order valence-electron chi connectivity index (χ3n) is 4.94. The van der Waals surface area contributed by atoms with Gasteiger partial charge in [0.1, 0.15) is 0 Å². The third-order valence-corrected chi connectivity index (χ3v) is 7.68. The second kappa shape index (κ2) is 8.61. The Morgan fingerprint density at radius 3 is 2.60 bits per heavy atom. The minimum Gasteiger partial charge on any atom is -0.352 e. The second-order valence-corrected chi connectivity index (χ2v) is 10.4. The van der Waals surface area contributed by atoms with Gasteiger partial charge in [-0.2, -0.15) is 0 Å². The highest BCUT2D eigenvalue weighted by atomic mass is 32.2. The van der Waals surface area contributed by atoms with Crippen LogP contribution >= 0.6 is 11.8 Å². The number of para-hydroxylation sites is 1. The molecule has 1 amide bonds. The largest absolute Gasteiger partial charge is 0.352 e. The van der Waals surface area contributed by atoms with Gasteiger partial charge in [0.25, 0.3) is 5.56 Å². The van der Waals surface area contributed by atoms with E-state index < -0.39 is 9.84 Å². The predicted octanol–water partition coefficient (Wildman–Crippen LogP) is 1.84. The van der Waals surface area contributed by atoms with Crippen molar-refractivity contribution in [2.24, 2.45) is 0 Å². The van der Waals surface area contributed by atoms with Gasteiger partial charge < -0.3 is 5.32 Å². The highest BCUT2D eigenvalue weighted by Gasteiger charge is 2.29. The maximum atomic E-state index is 13.1. The molecule has 1 aromatic heterocycles. The first-order valence-electron chi connectivity index (χ1n) is 9.57. The Balaban J connectivity index is 1.57. The van der Waals surface area contributed by atoms with E-state index in [9.17, 15) is 18.0 Å². The maximum absolute atomic E-state index is 13.1. The van der Waals surface area contributed by atoms with Crippen molar-refractivity contribution in [2.75, 3.05) is 17.3 Å². The number of sulfone groups is 1. The summed E-state index contributed by atoms with van der Waals surface area (Å²) in [6.45, 7) is 0.350. The SMILES string of the molecule is O=C(CSc1nc2ccccc2c(=O)n1Cc1ccccc1)N[C@H]1CCS(=O)(=O)C1. The standard InChI is InChI=1S/C21H21N3O4S2/c25-19(22-16-10-11-30(27,28)14-16)13-29-21-23-18-9-5-4-8-17(18)20(26)24(21)12-15-6-2-1-3-7-15/h1-9,16H,10-14H2,(H,22,25)/t16-/m0/s1. The first-order chi connectivity index (χ1) is 14.4. The van der Waals surface area contributed by atoms with Crippen molar-refractivity contribution >= 4 is 38.4 Å². The van der Waals surface area contributed by atoms with E-state index in [2.05, 4.69) is 10.3 Å². The molecule has 1 N–H and O–H groups in total. The summed E-state index contributed by atoms with van der Waals surface area (Å²) in [6.07, 6.45) is 0.436. The van der Waals surface area contributed by atoms with Gasteiger partial charge in [-0.25, -0.2) is 13.4 Å². The molecule has 3 aromatic rings. The zero-order valence-electron chi connectivity index (χ0n) is 16.2. The number of carbonyl (C=O) groups is 1. The van der Waals surface area contributed by atoms with Gasteiger partial charge in [0.15, 0.2) is 15.0 Å². The van der Waals surface area contributed by atoms with Crippen molar-refractivity contribution in [3.05, 3.63) is 70.5 Å². The third kappa shape index (κ3) is 4.73. The van der Waals surface area contributed by atoms with Crippen LogP contribution in [0.15, 0.2) is 64.5 Å². The molecule has 0 unspecified atom stereocenters. The number of benzene rings is 2. The molecule has 1 fully saturated rings. The Bertz CT molecular complexity index is 1240. The summed E-state index contributed by atoms with van der Waals surface area (Å²) in [5.41, 5.74) is 1.38.